The van der Waals surface area contributed by atoms with Crippen molar-refractivity contribution in [3.63, 3.8) is 0 Å². The zero-order chi connectivity index (χ0) is 28.2. The Morgan fingerprint density at radius 3 is 2.55 bits per heavy atom. The van der Waals surface area contributed by atoms with Gasteiger partial charge in [0, 0.05) is 5.56 Å². The Hall–Kier alpha value is -4.24. The number of benzene rings is 3. The average molecular weight is 561 g/mol. The van der Waals surface area contributed by atoms with Crippen LogP contribution in [0.5, 0.6) is 11.5 Å². The molecule has 1 aliphatic rings. The molecule has 3 aromatic carbocycles. The fourth-order valence-corrected chi connectivity index (χ4v) is 5.70. The van der Waals surface area contributed by atoms with E-state index >= 15 is 0 Å². The molecule has 1 unspecified atom stereocenters. The summed E-state index contributed by atoms with van der Waals surface area (Å²) in [7, 11) is 0. The third-order valence-electron chi connectivity index (χ3n) is 6.62. The molecule has 0 spiro atoms. The number of carbonyl (C=O) groups excluding carboxylic acids is 2. The zero-order valence-electron chi connectivity index (χ0n) is 22.2. The Kier molecular flexibility index (Phi) is 8.11. The topological polar surface area (TPSA) is 89.0 Å². The number of carbonyl (C=O) groups is 2. The number of anilines is 1. The summed E-state index contributed by atoms with van der Waals surface area (Å²) in [4.78, 5) is 32.8. The molecule has 0 saturated carbocycles. The molecule has 9 heteroatoms. The highest BCUT2D eigenvalue weighted by Crippen LogP contribution is 2.45. The number of thiazole rings is 1. The first kappa shape index (κ1) is 27.3. The molecule has 1 aliphatic heterocycles. The van der Waals surface area contributed by atoms with Gasteiger partial charge >= 0.3 is 5.91 Å². The zero-order valence-corrected chi connectivity index (χ0v) is 23.0. The lowest BCUT2D eigenvalue weighted by Crippen LogP contribution is -2.29. The van der Waals surface area contributed by atoms with Gasteiger partial charge in [0.2, 0.25) is 0 Å². The number of nitrogens with zero attached hydrogens (tertiary/aromatic N) is 2. The van der Waals surface area contributed by atoms with E-state index in [4.69, 9.17) is 9.47 Å². The number of hydrogen-bond acceptors (Lipinski definition) is 7. The fraction of sp³-hybridized carbons (Fsp3) is 0.258. The molecule has 1 fully saturated rings. The molecule has 1 atom stereocenters. The Morgan fingerprint density at radius 1 is 1.00 bits per heavy atom. The summed E-state index contributed by atoms with van der Waals surface area (Å²) in [5.74, 6) is -1.19. The SMILES string of the molecule is CCCCCOc1cccc(C2C(=C(O)c3ccc(OCC)cc3)C(=O)C(=O)N2c2nc3ccc(F)cc3s2)c1. The standard InChI is InChI=1S/C31H29FN2O5S/c1-3-5-6-16-39-23-9-7-8-20(17-23)27-26(28(35)19-10-13-22(14-11-19)38-4-2)29(36)30(37)34(27)31-33-24-15-12-21(32)18-25(24)40-31/h7-15,17-18,27,35H,3-6,16H2,1-2H3. The maximum absolute atomic E-state index is 13.9. The van der Waals surface area contributed by atoms with Crippen LogP contribution in [0.2, 0.25) is 0 Å². The van der Waals surface area contributed by atoms with E-state index in [1.165, 1.54) is 23.1 Å². The van der Waals surface area contributed by atoms with E-state index in [0.717, 1.165) is 30.6 Å². The van der Waals surface area contributed by atoms with Crippen molar-refractivity contribution >= 4 is 44.1 Å². The maximum atomic E-state index is 13.9. The number of rotatable bonds is 10. The molecule has 0 radical (unpaired) electrons. The molecule has 40 heavy (non-hydrogen) atoms. The molecular formula is C31H29FN2O5S. The van der Waals surface area contributed by atoms with Gasteiger partial charge in [-0.1, -0.05) is 43.2 Å². The van der Waals surface area contributed by atoms with Crippen LogP contribution >= 0.6 is 11.3 Å². The predicted molar refractivity (Wildman–Crippen MR) is 153 cm³/mol. The van der Waals surface area contributed by atoms with Crippen LogP contribution in [0.3, 0.4) is 0 Å². The third kappa shape index (κ3) is 5.42. The van der Waals surface area contributed by atoms with Crippen LogP contribution in [0.1, 0.15) is 50.3 Å². The number of aromatic nitrogens is 1. The van der Waals surface area contributed by atoms with Gasteiger partial charge in [0.15, 0.2) is 5.13 Å². The molecule has 5 rings (SSSR count). The highest BCUT2D eigenvalue weighted by molar-refractivity contribution is 7.22. The quantitative estimate of drug-likeness (QED) is 0.0970. The van der Waals surface area contributed by atoms with E-state index in [2.05, 4.69) is 11.9 Å². The van der Waals surface area contributed by atoms with Crippen LogP contribution in [-0.4, -0.2) is 35.0 Å². The second-order valence-corrected chi connectivity index (χ2v) is 10.4. The maximum Gasteiger partial charge on any atom is 0.301 e. The summed E-state index contributed by atoms with van der Waals surface area (Å²) in [6.07, 6.45) is 3.01. The van der Waals surface area contributed by atoms with Crippen molar-refractivity contribution in [3.05, 3.63) is 89.2 Å². The average Bonchev–Trinajstić information content (AvgIpc) is 3.49. The third-order valence-corrected chi connectivity index (χ3v) is 7.64. The molecular weight excluding hydrogens is 531 g/mol. The molecule has 2 heterocycles. The minimum Gasteiger partial charge on any atom is -0.507 e. The Morgan fingerprint density at radius 2 is 1.80 bits per heavy atom. The smallest absolute Gasteiger partial charge is 0.301 e. The summed E-state index contributed by atoms with van der Waals surface area (Å²) in [5, 5.41) is 11.6. The predicted octanol–water partition coefficient (Wildman–Crippen LogP) is 7.03. The Bertz CT molecular complexity index is 1580. The van der Waals surface area contributed by atoms with Gasteiger partial charge in [0.05, 0.1) is 35.0 Å². The summed E-state index contributed by atoms with van der Waals surface area (Å²) in [6.45, 7) is 5.00. The van der Waals surface area contributed by atoms with Gasteiger partial charge < -0.3 is 14.6 Å². The van der Waals surface area contributed by atoms with E-state index in [9.17, 15) is 19.1 Å². The summed E-state index contributed by atoms with van der Waals surface area (Å²) in [5.41, 5.74) is 1.37. The van der Waals surface area contributed by atoms with Crippen molar-refractivity contribution in [1.82, 2.24) is 4.98 Å². The van der Waals surface area contributed by atoms with Gasteiger partial charge in [-0.15, -0.1) is 0 Å². The van der Waals surface area contributed by atoms with Crippen LogP contribution < -0.4 is 14.4 Å². The van der Waals surface area contributed by atoms with Gasteiger partial charge in [-0.2, -0.15) is 0 Å². The van der Waals surface area contributed by atoms with E-state index in [1.807, 2.05) is 13.0 Å². The number of halogens is 1. The molecule has 1 amide bonds. The van der Waals surface area contributed by atoms with Crippen molar-refractivity contribution in [1.29, 1.82) is 0 Å². The molecule has 7 nitrogen and oxygen atoms in total. The van der Waals surface area contributed by atoms with Gasteiger partial charge in [-0.05, 0) is 73.5 Å². The molecule has 206 valence electrons. The first-order valence-electron chi connectivity index (χ1n) is 13.2. The van der Waals surface area contributed by atoms with Crippen LogP contribution in [0.15, 0.2) is 72.3 Å². The van der Waals surface area contributed by atoms with Crippen LogP contribution in [0, 0.1) is 5.82 Å². The minimum atomic E-state index is -0.976. The first-order valence-corrected chi connectivity index (χ1v) is 14.1. The number of Topliss-reactive ketones (excluding diaryl/α,β-unsaturated/α-hetero) is 1. The molecule has 0 aliphatic carbocycles. The lowest BCUT2D eigenvalue weighted by atomic mass is 9.95. The van der Waals surface area contributed by atoms with E-state index in [1.54, 1.807) is 42.5 Å². The number of aliphatic hydroxyl groups excluding tert-OH is 1. The number of hydrogen-bond donors (Lipinski definition) is 1. The highest BCUT2D eigenvalue weighted by Gasteiger charge is 2.48. The largest absolute Gasteiger partial charge is 0.507 e. The summed E-state index contributed by atoms with van der Waals surface area (Å²) < 4.78 is 25.9. The van der Waals surface area contributed by atoms with Gasteiger partial charge in [-0.3, -0.25) is 14.5 Å². The lowest BCUT2D eigenvalue weighted by Gasteiger charge is -2.23. The molecule has 1 saturated heterocycles. The molecule has 0 bridgehead atoms. The molecule has 4 aromatic rings. The number of ether oxygens (including phenoxy) is 2. The lowest BCUT2D eigenvalue weighted by molar-refractivity contribution is -0.132. The van der Waals surface area contributed by atoms with E-state index in [0.29, 0.717) is 46.1 Å². The number of unbranched alkanes of at least 4 members (excludes halogenated alkanes) is 2. The second-order valence-electron chi connectivity index (χ2n) is 9.36. The van der Waals surface area contributed by atoms with E-state index in [-0.39, 0.29) is 16.5 Å². The summed E-state index contributed by atoms with van der Waals surface area (Å²) in [6, 6.07) is 17.0. The number of ketones is 1. The van der Waals surface area contributed by atoms with Crippen molar-refractivity contribution in [2.45, 2.75) is 39.2 Å². The second kappa shape index (κ2) is 11.9. The van der Waals surface area contributed by atoms with Crippen molar-refractivity contribution in [2.24, 2.45) is 0 Å². The highest BCUT2D eigenvalue weighted by atomic mass is 32.1. The Balaban J connectivity index is 1.62. The van der Waals surface area contributed by atoms with Crippen LogP contribution in [0.25, 0.3) is 16.0 Å². The van der Waals surface area contributed by atoms with Crippen molar-refractivity contribution in [2.75, 3.05) is 18.1 Å². The molecule has 1 N–H and O–H groups in total. The van der Waals surface area contributed by atoms with Gasteiger partial charge in [0.25, 0.3) is 5.78 Å². The Labute approximate surface area is 235 Å². The summed E-state index contributed by atoms with van der Waals surface area (Å²) >= 11 is 1.10. The van der Waals surface area contributed by atoms with Crippen molar-refractivity contribution in [3.8, 4) is 11.5 Å². The fourth-order valence-electron chi connectivity index (χ4n) is 4.68. The first-order chi connectivity index (χ1) is 19.4. The van der Waals surface area contributed by atoms with Gasteiger partial charge in [-0.25, -0.2) is 9.37 Å². The number of aliphatic hydroxyl groups is 1. The number of fused-ring (bicyclic) bond motifs is 1. The van der Waals surface area contributed by atoms with Crippen LogP contribution in [0.4, 0.5) is 9.52 Å². The monoisotopic (exact) mass is 560 g/mol. The normalized spacial score (nSPS) is 16.6. The van der Waals surface area contributed by atoms with E-state index < -0.39 is 23.5 Å². The van der Waals surface area contributed by atoms with Crippen molar-refractivity contribution < 1.29 is 28.6 Å². The molecule has 1 aromatic heterocycles. The van der Waals surface area contributed by atoms with Crippen LogP contribution in [-0.2, 0) is 9.59 Å². The van der Waals surface area contributed by atoms with Gasteiger partial charge in [0.1, 0.15) is 23.1 Å². The minimum absolute atomic E-state index is 0.0669. The number of amides is 1.